The van der Waals surface area contributed by atoms with Crippen LogP contribution in [0.4, 0.5) is 0 Å². The first-order chi connectivity index (χ1) is 12.5. The SMILES string of the molecule is Cc1ccc(CN(CC(=O)NCC(=O)O)C2CCc3ccccc32)cc1. The normalized spacial score (nSPS) is 15.7. The maximum atomic E-state index is 12.3. The average molecular weight is 352 g/mol. The van der Waals surface area contributed by atoms with E-state index in [4.69, 9.17) is 5.11 Å². The third-order valence-electron chi connectivity index (χ3n) is 4.83. The molecule has 5 nitrogen and oxygen atoms in total. The number of amides is 1. The number of hydrogen-bond donors (Lipinski definition) is 2. The molecule has 2 N–H and O–H groups in total. The van der Waals surface area contributed by atoms with E-state index >= 15 is 0 Å². The van der Waals surface area contributed by atoms with E-state index in [1.54, 1.807) is 0 Å². The number of aryl methyl sites for hydroxylation is 2. The summed E-state index contributed by atoms with van der Waals surface area (Å²) in [6.07, 6.45) is 1.97. The van der Waals surface area contributed by atoms with Crippen molar-refractivity contribution in [2.24, 2.45) is 0 Å². The van der Waals surface area contributed by atoms with E-state index in [9.17, 15) is 9.59 Å². The first kappa shape index (κ1) is 18.1. The summed E-state index contributed by atoms with van der Waals surface area (Å²) < 4.78 is 0. The summed E-state index contributed by atoms with van der Waals surface area (Å²) in [5.41, 5.74) is 4.94. The molecule has 1 aliphatic rings. The number of aliphatic carboxylic acids is 1. The molecule has 0 aromatic heterocycles. The fourth-order valence-corrected chi connectivity index (χ4v) is 3.53. The fourth-order valence-electron chi connectivity index (χ4n) is 3.53. The molecule has 0 fully saturated rings. The molecular weight excluding hydrogens is 328 g/mol. The van der Waals surface area contributed by atoms with Gasteiger partial charge in [0.05, 0.1) is 6.54 Å². The molecule has 0 saturated carbocycles. The molecule has 2 aromatic rings. The number of carboxylic acid groups (broad SMARTS) is 1. The summed E-state index contributed by atoms with van der Waals surface area (Å²) in [4.78, 5) is 25.1. The van der Waals surface area contributed by atoms with Crippen LogP contribution in [0.5, 0.6) is 0 Å². The van der Waals surface area contributed by atoms with Crippen LogP contribution >= 0.6 is 0 Å². The van der Waals surface area contributed by atoms with Crippen LogP contribution < -0.4 is 5.32 Å². The molecule has 0 aliphatic heterocycles. The first-order valence-electron chi connectivity index (χ1n) is 8.89. The quantitative estimate of drug-likeness (QED) is 0.804. The highest BCUT2D eigenvalue weighted by molar-refractivity contribution is 5.82. The van der Waals surface area contributed by atoms with Gasteiger partial charge >= 0.3 is 5.97 Å². The number of fused-ring (bicyclic) bond motifs is 1. The Morgan fingerprint density at radius 3 is 2.62 bits per heavy atom. The number of nitrogens with zero attached hydrogens (tertiary/aromatic N) is 1. The number of nitrogens with one attached hydrogen (secondary N) is 1. The largest absolute Gasteiger partial charge is 0.480 e. The van der Waals surface area contributed by atoms with E-state index in [1.165, 1.54) is 16.7 Å². The number of benzene rings is 2. The third kappa shape index (κ3) is 4.49. The Hall–Kier alpha value is -2.66. The molecule has 26 heavy (non-hydrogen) atoms. The second kappa shape index (κ2) is 8.15. The number of carbonyl (C=O) groups is 2. The van der Waals surface area contributed by atoms with Crippen molar-refractivity contribution < 1.29 is 14.7 Å². The number of rotatable bonds is 7. The minimum absolute atomic E-state index is 0.170. The summed E-state index contributed by atoms with van der Waals surface area (Å²) in [5, 5.41) is 11.2. The molecule has 1 atom stereocenters. The van der Waals surface area contributed by atoms with Crippen LogP contribution in [0.2, 0.25) is 0 Å². The van der Waals surface area contributed by atoms with Crippen molar-refractivity contribution in [3.63, 3.8) is 0 Å². The Bertz CT molecular complexity index is 786. The zero-order chi connectivity index (χ0) is 18.5. The van der Waals surface area contributed by atoms with Gasteiger partial charge in [-0.3, -0.25) is 14.5 Å². The van der Waals surface area contributed by atoms with Gasteiger partial charge in [0, 0.05) is 12.6 Å². The highest BCUT2D eigenvalue weighted by Gasteiger charge is 2.29. The molecule has 0 heterocycles. The lowest BCUT2D eigenvalue weighted by Crippen LogP contribution is -2.40. The smallest absolute Gasteiger partial charge is 0.322 e. The number of carboxylic acids is 1. The van der Waals surface area contributed by atoms with Crippen LogP contribution in [0, 0.1) is 6.92 Å². The monoisotopic (exact) mass is 352 g/mol. The van der Waals surface area contributed by atoms with E-state index in [0.29, 0.717) is 6.54 Å². The summed E-state index contributed by atoms with van der Waals surface area (Å²) in [5.74, 6) is -1.29. The fraction of sp³-hybridized carbons (Fsp3) is 0.333. The minimum Gasteiger partial charge on any atom is -0.480 e. The van der Waals surface area contributed by atoms with E-state index in [2.05, 4.69) is 46.6 Å². The topological polar surface area (TPSA) is 69.6 Å². The second-order valence-electron chi connectivity index (χ2n) is 6.81. The van der Waals surface area contributed by atoms with Gasteiger partial charge < -0.3 is 10.4 Å². The molecule has 0 saturated heterocycles. The molecule has 1 unspecified atom stereocenters. The molecule has 3 rings (SSSR count). The van der Waals surface area contributed by atoms with Gasteiger partial charge in [-0.2, -0.15) is 0 Å². The lowest BCUT2D eigenvalue weighted by Gasteiger charge is -2.29. The van der Waals surface area contributed by atoms with E-state index in [-0.39, 0.29) is 25.0 Å². The molecule has 0 bridgehead atoms. The Labute approximate surface area is 153 Å². The number of carbonyl (C=O) groups excluding carboxylic acids is 1. The van der Waals surface area contributed by atoms with Crippen LogP contribution in [-0.2, 0) is 22.6 Å². The number of hydrogen-bond acceptors (Lipinski definition) is 3. The van der Waals surface area contributed by atoms with E-state index in [1.807, 2.05) is 19.1 Å². The molecule has 2 aromatic carbocycles. The van der Waals surface area contributed by atoms with E-state index < -0.39 is 5.97 Å². The van der Waals surface area contributed by atoms with Crippen LogP contribution in [0.1, 0.15) is 34.7 Å². The summed E-state index contributed by atoms with van der Waals surface area (Å²) in [7, 11) is 0. The first-order valence-corrected chi connectivity index (χ1v) is 8.89. The van der Waals surface area contributed by atoms with Gasteiger partial charge in [0.1, 0.15) is 6.54 Å². The lowest BCUT2D eigenvalue weighted by molar-refractivity contribution is -0.138. The van der Waals surface area contributed by atoms with Crippen molar-refractivity contribution in [1.82, 2.24) is 10.2 Å². The van der Waals surface area contributed by atoms with Crippen LogP contribution in [0.3, 0.4) is 0 Å². The summed E-state index contributed by atoms with van der Waals surface area (Å²) >= 11 is 0. The predicted molar refractivity (Wildman–Crippen MR) is 99.7 cm³/mol. The third-order valence-corrected chi connectivity index (χ3v) is 4.83. The van der Waals surface area contributed by atoms with Gasteiger partial charge in [-0.05, 0) is 36.5 Å². The average Bonchev–Trinajstić information content (AvgIpc) is 3.05. The molecule has 0 spiro atoms. The second-order valence-corrected chi connectivity index (χ2v) is 6.81. The van der Waals surface area contributed by atoms with Crippen molar-refractivity contribution in [2.75, 3.05) is 13.1 Å². The van der Waals surface area contributed by atoms with Gasteiger partial charge in [0.2, 0.25) is 5.91 Å². The van der Waals surface area contributed by atoms with E-state index in [0.717, 1.165) is 18.4 Å². The Morgan fingerprint density at radius 1 is 1.15 bits per heavy atom. The summed E-state index contributed by atoms with van der Waals surface area (Å²) in [6.45, 7) is 2.53. The Kier molecular flexibility index (Phi) is 5.68. The molecule has 0 radical (unpaired) electrons. The van der Waals surface area contributed by atoms with Crippen molar-refractivity contribution in [3.8, 4) is 0 Å². The van der Waals surface area contributed by atoms with Gasteiger partial charge in [0.15, 0.2) is 0 Å². The van der Waals surface area contributed by atoms with Crippen molar-refractivity contribution >= 4 is 11.9 Å². The molecule has 136 valence electrons. The van der Waals surface area contributed by atoms with Crippen molar-refractivity contribution in [2.45, 2.75) is 32.4 Å². The molecular formula is C21H24N2O3. The maximum Gasteiger partial charge on any atom is 0.322 e. The Balaban J connectivity index is 1.78. The lowest BCUT2D eigenvalue weighted by atomic mass is 10.1. The predicted octanol–water partition coefficient (Wildman–Crippen LogP) is 2.69. The molecule has 1 amide bonds. The van der Waals surface area contributed by atoms with Crippen molar-refractivity contribution in [1.29, 1.82) is 0 Å². The highest BCUT2D eigenvalue weighted by atomic mass is 16.4. The summed E-state index contributed by atoms with van der Waals surface area (Å²) in [6, 6.07) is 16.8. The van der Waals surface area contributed by atoms with Gasteiger partial charge in [-0.1, -0.05) is 54.1 Å². The van der Waals surface area contributed by atoms with Crippen molar-refractivity contribution in [3.05, 3.63) is 70.8 Å². The maximum absolute atomic E-state index is 12.3. The standard InChI is InChI=1S/C21H24N2O3/c1-15-6-8-16(9-7-15)13-23(14-20(24)22-12-21(25)26)19-11-10-17-4-2-3-5-18(17)19/h2-9,19H,10-14H2,1H3,(H,22,24)(H,25,26). The molecule has 1 aliphatic carbocycles. The molecule has 5 heteroatoms. The van der Waals surface area contributed by atoms with Crippen LogP contribution in [0.25, 0.3) is 0 Å². The van der Waals surface area contributed by atoms with Crippen LogP contribution in [-0.4, -0.2) is 35.0 Å². The van der Waals surface area contributed by atoms with Crippen LogP contribution in [0.15, 0.2) is 48.5 Å². The highest BCUT2D eigenvalue weighted by Crippen LogP contribution is 2.36. The Morgan fingerprint density at radius 2 is 1.88 bits per heavy atom. The zero-order valence-corrected chi connectivity index (χ0v) is 14.9. The zero-order valence-electron chi connectivity index (χ0n) is 14.9. The minimum atomic E-state index is -1.03. The van der Waals surface area contributed by atoms with Gasteiger partial charge in [-0.15, -0.1) is 0 Å². The van der Waals surface area contributed by atoms with Gasteiger partial charge in [0.25, 0.3) is 0 Å². The van der Waals surface area contributed by atoms with Gasteiger partial charge in [-0.25, -0.2) is 0 Å².